The monoisotopic (exact) mass is 562 g/mol. The smallest absolute Gasteiger partial charge is 0.220 e. The summed E-state index contributed by atoms with van der Waals surface area (Å²) in [4.78, 5) is 12.3. The lowest BCUT2D eigenvalue weighted by molar-refractivity contribution is -0.123. The SMILES string of the molecule is CCCCC/C=C/CC/C=C/[C@@H](O)[C@H](CO)NC(=O)CCCCCCCCCCC/C=C/CCCCCCCC. The van der Waals surface area contributed by atoms with Crippen LogP contribution < -0.4 is 5.32 Å². The lowest BCUT2D eigenvalue weighted by Gasteiger charge is -2.19. The normalized spacial score (nSPS) is 13.6. The molecule has 40 heavy (non-hydrogen) atoms. The maximum Gasteiger partial charge on any atom is 0.220 e. The molecule has 2 atom stereocenters. The Balaban J connectivity index is 3.61. The molecular weight excluding hydrogens is 494 g/mol. The van der Waals surface area contributed by atoms with Crippen molar-refractivity contribution in [1.29, 1.82) is 0 Å². The summed E-state index contributed by atoms with van der Waals surface area (Å²) in [5.41, 5.74) is 0. The second-order valence-corrected chi connectivity index (χ2v) is 11.6. The molecule has 0 unspecified atom stereocenters. The molecule has 0 aliphatic rings. The summed E-state index contributed by atoms with van der Waals surface area (Å²) in [5.74, 6) is -0.0810. The van der Waals surface area contributed by atoms with E-state index in [-0.39, 0.29) is 12.5 Å². The van der Waals surface area contributed by atoms with Crippen molar-refractivity contribution in [2.75, 3.05) is 6.61 Å². The van der Waals surface area contributed by atoms with E-state index in [1.807, 2.05) is 6.08 Å². The van der Waals surface area contributed by atoms with Gasteiger partial charge in [-0.1, -0.05) is 140 Å². The third kappa shape index (κ3) is 28.1. The molecule has 0 aromatic rings. The predicted octanol–water partition coefficient (Wildman–Crippen LogP) is 9.90. The summed E-state index contributed by atoms with van der Waals surface area (Å²) in [6.07, 6.45) is 40.9. The number of carbonyl (C=O) groups excluding carboxylic acids is 1. The van der Waals surface area contributed by atoms with Crippen molar-refractivity contribution in [3.8, 4) is 0 Å². The number of nitrogens with one attached hydrogen (secondary N) is 1. The first-order chi connectivity index (χ1) is 19.7. The maximum absolute atomic E-state index is 12.3. The van der Waals surface area contributed by atoms with Gasteiger partial charge in [-0.3, -0.25) is 4.79 Å². The molecule has 4 nitrogen and oxygen atoms in total. The molecule has 3 N–H and O–H groups in total. The first kappa shape index (κ1) is 38.6. The number of rotatable bonds is 30. The van der Waals surface area contributed by atoms with Crippen LogP contribution in [-0.4, -0.2) is 34.9 Å². The molecule has 234 valence electrons. The lowest BCUT2D eigenvalue weighted by atomic mass is 10.0. The fourth-order valence-electron chi connectivity index (χ4n) is 4.89. The van der Waals surface area contributed by atoms with Crippen molar-refractivity contribution in [2.45, 2.75) is 180 Å². The Labute approximate surface area is 249 Å². The Hall–Kier alpha value is -1.39. The van der Waals surface area contributed by atoms with Crippen molar-refractivity contribution >= 4 is 5.91 Å². The maximum atomic E-state index is 12.3. The van der Waals surface area contributed by atoms with Gasteiger partial charge >= 0.3 is 0 Å². The number of aliphatic hydroxyl groups excluding tert-OH is 2. The molecule has 0 radical (unpaired) electrons. The summed E-state index contributed by atoms with van der Waals surface area (Å²) in [6.45, 7) is 4.22. The van der Waals surface area contributed by atoms with Crippen LogP contribution in [0.4, 0.5) is 0 Å². The van der Waals surface area contributed by atoms with E-state index in [1.54, 1.807) is 6.08 Å². The van der Waals surface area contributed by atoms with E-state index in [2.05, 4.69) is 43.5 Å². The van der Waals surface area contributed by atoms with Gasteiger partial charge in [-0.2, -0.15) is 0 Å². The highest BCUT2D eigenvalue weighted by Gasteiger charge is 2.17. The van der Waals surface area contributed by atoms with Crippen molar-refractivity contribution in [3.05, 3.63) is 36.5 Å². The van der Waals surface area contributed by atoms with E-state index >= 15 is 0 Å². The third-order valence-corrected chi connectivity index (χ3v) is 7.60. The minimum Gasteiger partial charge on any atom is -0.394 e. The lowest BCUT2D eigenvalue weighted by Crippen LogP contribution is -2.45. The molecule has 0 aliphatic carbocycles. The van der Waals surface area contributed by atoms with Gasteiger partial charge in [0.25, 0.3) is 0 Å². The highest BCUT2D eigenvalue weighted by molar-refractivity contribution is 5.76. The van der Waals surface area contributed by atoms with E-state index in [0.29, 0.717) is 6.42 Å². The summed E-state index contributed by atoms with van der Waals surface area (Å²) in [5, 5.41) is 22.7. The number of aliphatic hydroxyl groups is 2. The van der Waals surface area contributed by atoms with Crippen molar-refractivity contribution in [3.63, 3.8) is 0 Å². The number of allylic oxidation sites excluding steroid dienone is 5. The molecule has 0 bridgehead atoms. The van der Waals surface area contributed by atoms with Crippen molar-refractivity contribution in [2.24, 2.45) is 0 Å². The molecule has 0 aliphatic heterocycles. The van der Waals surface area contributed by atoms with Crippen molar-refractivity contribution in [1.82, 2.24) is 5.32 Å². The summed E-state index contributed by atoms with van der Waals surface area (Å²) in [7, 11) is 0. The average molecular weight is 562 g/mol. The van der Waals surface area contributed by atoms with E-state index in [4.69, 9.17) is 0 Å². The molecule has 0 spiro atoms. The van der Waals surface area contributed by atoms with Crippen LogP contribution in [-0.2, 0) is 4.79 Å². The largest absolute Gasteiger partial charge is 0.394 e. The molecule has 0 heterocycles. The first-order valence-electron chi connectivity index (χ1n) is 17.2. The van der Waals surface area contributed by atoms with E-state index in [9.17, 15) is 15.0 Å². The standard InChI is InChI=1S/C36H67NO3/c1-3-5-7-9-11-13-14-15-16-17-18-19-20-21-22-24-26-28-30-32-36(40)37-34(33-38)35(39)31-29-27-25-23-12-10-8-6-4-2/h12,15-16,23,29,31,34-35,38-39H,3-11,13-14,17-22,24-28,30,32-33H2,1-2H3,(H,37,40)/b16-15+,23-12+,31-29+/t34-,35+/m0/s1. The molecule has 0 saturated carbocycles. The molecule has 0 fully saturated rings. The van der Waals surface area contributed by atoms with Gasteiger partial charge in [-0.25, -0.2) is 0 Å². The summed E-state index contributed by atoms with van der Waals surface area (Å²) >= 11 is 0. The second kappa shape index (κ2) is 32.1. The Morgan fingerprint density at radius 3 is 1.50 bits per heavy atom. The van der Waals surface area contributed by atoms with Crippen LogP contribution in [0.15, 0.2) is 36.5 Å². The van der Waals surface area contributed by atoms with Gasteiger partial charge in [-0.05, 0) is 57.8 Å². The summed E-state index contributed by atoms with van der Waals surface area (Å²) < 4.78 is 0. The third-order valence-electron chi connectivity index (χ3n) is 7.60. The van der Waals surface area contributed by atoms with Gasteiger partial charge in [0.2, 0.25) is 5.91 Å². The quantitative estimate of drug-likeness (QED) is 0.0603. The fourth-order valence-corrected chi connectivity index (χ4v) is 4.89. The van der Waals surface area contributed by atoms with Gasteiger partial charge in [0, 0.05) is 6.42 Å². The molecule has 0 aromatic heterocycles. The first-order valence-corrected chi connectivity index (χ1v) is 17.2. The Morgan fingerprint density at radius 1 is 0.575 bits per heavy atom. The van der Waals surface area contributed by atoms with Gasteiger partial charge in [0.1, 0.15) is 0 Å². The highest BCUT2D eigenvalue weighted by Crippen LogP contribution is 2.13. The van der Waals surface area contributed by atoms with Gasteiger partial charge < -0.3 is 15.5 Å². The molecular formula is C36H67NO3. The zero-order chi connectivity index (χ0) is 29.4. The minimum atomic E-state index is -0.858. The van der Waals surface area contributed by atoms with E-state index in [0.717, 1.165) is 32.1 Å². The molecule has 4 heteroatoms. The second-order valence-electron chi connectivity index (χ2n) is 11.6. The number of unbranched alkanes of at least 4 members (excludes halogenated alkanes) is 19. The zero-order valence-electron chi connectivity index (χ0n) is 26.6. The van der Waals surface area contributed by atoms with Crippen LogP contribution in [0.5, 0.6) is 0 Å². The Morgan fingerprint density at radius 2 is 0.975 bits per heavy atom. The van der Waals surface area contributed by atoms with Crippen molar-refractivity contribution < 1.29 is 15.0 Å². The molecule has 0 aromatic carbocycles. The molecule has 1 amide bonds. The van der Waals surface area contributed by atoms with Crippen LogP contribution in [0.2, 0.25) is 0 Å². The van der Waals surface area contributed by atoms with E-state index in [1.165, 1.54) is 116 Å². The van der Waals surface area contributed by atoms with Crippen LogP contribution >= 0.6 is 0 Å². The summed E-state index contributed by atoms with van der Waals surface area (Å²) in [6, 6.07) is -0.635. The number of hydrogen-bond donors (Lipinski definition) is 3. The van der Waals surface area contributed by atoms with Crippen LogP contribution in [0, 0.1) is 0 Å². The zero-order valence-corrected chi connectivity index (χ0v) is 26.6. The number of hydrogen-bond acceptors (Lipinski definition) is 3. The van der Waals surface area contributed by atoms with Crippen LogP contribution in [0.1, 0.15) is 168 Å². The van der Waals surface area contributed by atoms with Crippen LogP contribution in [0.25, 0.3) is 0 Å². The molecule has 0 rings (SSSR count). The minimum absolute atomic E-state index is 0.0810. The predicted molar refractivity (Wildman–Crippen MR) is 175 cm³/mol. The average Bonchev–Trinajstić information content (AvgIpc) is 2.96. The van der Waals surface area contributed by atoms with E-state index < -0.39 is 12.1 Å². The fraction of sp³-hybridized carbons (Fsp3) is 0.806. The Kier molecular flexibility index (Phi) is 31.0. The Bertz CT molecular complexity index is 613. The number of carbonyl (C=O) groups is 1. The van der Waals surface area contributed by atoms with Crippen LogP contribution in [0.3, 0.4) is 0 Å². The van der Waals surface area contributed by atoms with Gasteiger partial charge in [-0.15, -0.1) is 0 Å². The van der Waals surface area contributed by atoms with Gasteiger partial charge in [0.05, 0.1) is 18.8 Å². The topological polar surface area (TPSA) is 69.6 Å². The van der Waals surface area contributed by atoms with Gasteiger partial charge in [0.15, 0.2) is 0 Å². The highest BCUT2D eigenvalue weighted by atomic mass is 16.3. The number of amides is 1. The molecule has 0 saturated heterocycles.